The summed E-state index contributed by atoms with van der Waals surface area (Å²) < 4.78 is 6.04. The zero-order valence-corrected chi connectivity index (χ0v) is 14.2. The van der Waals surface area contributed by atoms with Gasteiger partial charge >= 0.3 is 5.97 Å². The Bertz CT molecular complexity index is 831. The standard InChI is InChI=1S/C21H20N4O/c22-21(26-19-14-8-3-9-15-19)23-16-24-25(21)20(17-10-4-1-5-11-17)18-12-6-2-7-13-18/h1-16,20H,22H2,(H,23,24). The van der Waals surface area contributed by atoms with Crippen LogP contribution in [0.5, 0.6) is 5.75 Å². The first-order valence-corrected chi connectivity index (χ1v) is 8.48. The molecule has 4 rings (SSSR count). The van der Waals surface area contributed by atoms with Crippen LogP contribution in [-0.2, 0) is 0 Å². The fraction of sp³-hybridized carbons (Fsp3) is 0.0952. The second-order valence-corrected chi connectivity index (χ2v) is 6.05. The fourth-order valence-corrected chi connectivity index (χ4v) is 3.10. The number of hydrazine groups is 1. The number of aliphatic imine (C=N–C) groups is 1. The van der Waals surface area contributed by atoms with E-state index in [4.69, 9.17) is 10.5 Å². The molecule has 0 fully saturated rings. The normalized spacial score (nSPS) is 19.5. The lowest BCUT2D eigenvalue weighted by molar-refractivity contribution is -0.0939. The van der Waals surface area contributed by atoms with Crippen molar-refractivity contribution in [1.82, 2.24) is 10.4 Å². The van der Waals surface area contributed by atoms with Gasteiger partial charge in [-0.1, -0.05) is 78.9 Å². The van der Waals surface area contributed by atoms with Crippen molar-refractivity contribution in [2.45, 2.75) is 12.0 Å². The molecule has 1 aliphatic rings. The third-order valence-electron chi connectivity index (χ3n) is 4.29. The van der Waals surface area contributed by atoms with E-state index in [1.807, 2.05) is 71.7 Å². The minimum Gasteiger partial charge on any atom is -0.439 e. The number of ether oxygens (including phenoxy) is 1. The Hall–Kier alpha value is -3.15. The van der Waals surface area contributed by atoms with Gasteiger partial charge in [-0.25, -0.2) is 0 Å². The van der Waals surface area contributed by atoms with E-state index in [9.17, 15) is 0 Å². The first kappa shape index (κ1) is 16.3. The van der Waals surface area contributed by atoms with Crippen LogP contribution in [0.2, 0.25) is 0 Å². The second-order valence-electron chi connectivity index (χ2n) is 6.05. The quantitative estimate of drug-likeness (QED) is 0.697. The van der Waals surface area contributed by atoms with Crippen molar-refractivity contribution in [2.24, 2.45) is 10.7 Å². The number of nitrogens with zero attached hydrogens (tertiary/aromatic N) is 2. The van der Waals surface area contributed by atoms with Gasteiger partial charge in [0, 0.05) is 0 Å². The average Bonchev–Trinajstić information content (AvgIpc) is 3.05. The van der Waals surface area contributed by atoms with Crippen LogP contribution in [-0.4, -0.2) is 17.3 Å². The Morgan fingerprint density at radius 3 is 1.85 bits per heavy atom. The molecule has 0 aliphatic carbocycles. The van der Waals surface area contributed by atoms with Crippen LogP contribution in [0.15, 0.2) is 96.0 Å². The minimum absolute atomic E-state index is 0.173. The molecule has 0 radical (unpaired) electrons. The van der Waals surface area contributed by atoms with Gasteiger partial charge < -0.3 is 10.2 Å². The lowest BCUT2D eigenvalue weighted by atomic mass is 9.98. The number of nitrogens with two attached hydrogens (primary N) is 1. The van der Waals surface area contributed by atoms with E-state index >= 15 is 0 Å². The molecule has 1 heterocycles. The molecule has 1 unspecified atom stereocenters. The molecular weight excluding hydrogens is 324 g/mol. The highest BCUT2D eigenvalue weighted by molar-refractivity contribution is 5.57. The Labute approximate surface area is 152 Å². The van der Waals surface area contributed by atoms with Gasteiger partial charge in [-0.15, -0.1) is 5.01 Å². The van der Waals surface area contributed by atoms with Crippen molar-refractivity contribution in [3.63, 3.8) is 0 Å². The number of para-hydroxylation sites is 1. The van der Waals surface area contributed by atoms with Gasteiger partial charge in [0.1, 0.15) is 12.1 Å². The molecule has 130 valence electrons. The second kappa shape index (κ2) is 7.00. The van der Waals surface area contributed by atoms with Crippen LogP contribution in [0.25, 0.3) is 0 Å². The van der Waals surface area contributed by atoms with Gasteiger partial charge in [0.2, 0.25) is 0 Å². The third-order valence-corrected chi connectivity index (χ3v) is 4.29. The van der Waals surface area contributed by atoms with E-state index in [-0.39, 0.29) is 6.04 Å². The molecule has 0 saturated heterocycles. The molecule has 1 atom stereocenters. The minimum atomic E-state index is -1.36. The Morgan fingerprint density at radius 1 is 0.808 bits per heavy atom. The predicted molar refractivity (Wildman–Crippen MR) is 102 cm³/mol. The molecule has 26 heavy (non-hydrogen) atoms. The summed E-state index contributed by atoms with van der Waals surface area (Å²) in [7, 11) is 0. The number of hydrogen-bond donors (Lipinski definition) is 2. The number of benzene rings is 3. The van der Waals surface area contributed by atoms with Gasteiger partial charge in [0.15, 0.2) is 0 Å². The number of nitrogens with one attached hydrogen (secondary N) is 1. The summed E-state index contributed by atoms with van der Waals surface area (Å²) in [6.45, 7) is 0. The molecule has 0 aromatic heterocycles. The highest BCUT2D eigenvalue weighted by atomic mass is 16.6. The number of rotatable bonds is 5. The molecule has 3 aromatic rings. The molecule has 5 nitrogen and oxygen atoms in total. The maximum atomic E-state index is 6.55. The third kappa shape index (κ3) is 3.18. The van der Waals surface area contributed by atoms with Gasteiger partial charge in [-0.3, -0.25) is 5.73 Å². The van der Waals surface area contributed by atoms with Crippen LogP contribution >= 0.6 is 0 Å². The monoisotopic (exact) mass is 344 g/mol. The van der Waals surface area contributed by atoms with E-state index in [0.29, 0.717) is 5.75 Å². The largest absolute Gasteiger partial charge is 0.439 e. The molecule has 0 saturated carbocycles. The molecule has 0 spiro atoms. The summed E-state index contributed by atoms with van der Waals surface area (Å²) in [5, 5.41) is 1.82. The summed E-state index contributed by atoms with van der Waals surface area (Å²) >= 11 is 0. The maximum Gasteiger partial charge on any atom is 0.340 e. The molecule has 0 amide bonds. The summed E-state index contributed by atoms with van der Waals surface area (Å²) in [4.78, 5) is 4.36. The maximum absolute atomic E-state index is 6.55. The van der Waals surface area contributed by atoms with Crippen molar-refractivity contribution in [1.29, 1.82) is 0 Å². The van der Waals surface area contributed by atoms with Crippen LogP contribution in [0, 0.1) is 0 Å². The Morgan fingerprint density at radius 2 is 1.31 bits per heavy atom. The SMILES string of the molecule is NC1(Oc2ccccc2)N=CNN1C(c1ccccc1)c1ccccc1. The molecule has 0 bridgehead atoms. The summed E-state index contributed by atoms with van der Waals surface area (Å²) in [6, 6.07) is 29.6. The number of hydrogen-bond acceptors (Lipinski definition) is 5. The average molecular weight is 344 g/mol. The Balaban J connectivity index is 1.73. The van der Waals surface area contributed by atoms with Crippen LogP contribution < -0.4 is 15.9 Å². The summed E-state index contributed by atoms with van der Waals surface area (Å²) in [5.74, 6) is -0.710. The van der Waals surface area contributed by atoms with Gasteiger partial charge in [-0.05, 0) is 23.3 Å². The van der Waals surface area contributed by atoms with Gasteiger partial charge in [0.25, 0.3) is 0 Å². The fourth-order valence-electron chi connectivity index (χ4n) is 3.10. The van der Waals surface area contributed by atoms with Crippen molar-refractivity contribution in [3.8, 4) is 5.75 Å². The van der Waals surface area contributed by atoms with E-state index < -0.39 is 5.97 Å². The topological polar surface area (TPSA) is 62.9 Å². The Kier molecular flexibility index (Phi) is 4.39. The highest BCUT2D eigenvalue weighted by Gasteiger charge is 2.44. The molecule has 3 aromatic carbocycles. The van der Waals surface area contributed by atoms with Crippen molar-refractivity contribution in [2.75, 3.05) is 0 Å². The summed E-state index contributed by atoms with van der Waals surface area (Å²) in [5.41, 5.74) is 11.9. The van der Waals surface area contributed by atoms with Gasteiger partial charge in [0.05, 0.1) is 6.04 Å². The van der Waals surface area contributed by atoms with Gasteiger partial charge in [-0.2, -0.15) is 4.99 Å². The zero-order valence-electron chi connectivity index (χ0n) is 14.2. The van der Waals surface area contributed by atoms with E-state index in [0.717, 1.165) is 11.1 Å². The van der Waals surface area contributed by atoms with E-state index in [2.05, 4.69) is 34.7 Å². The lowest BCUT2D eigenvalue weighted by Gasteiger charge is -2.37. The first-order valence-electron chi connectivity index (χ1n) is 8.48. The van der Waals surface area contributed by atoms with E-state index in [1.165, 1.54) is 0 Å². The zero-order chi connectivity index (χ0) is 17.8. The molecular formula is C21H20N4O. The lowest BCUT2D eigenvalue weighted by Crippen LogP contribution is -2.60. The molecule has 1 aliphatic heterocycles. The summed E-state index contributed by atoms with van der Waals surface area (Å²) in [6.07, 6.45) is 1.57. The highest BCUT2D eigenvalue weighted by Crippen LogP contribution is 2.33. The van der Waals surface area contributed by atoms with Crippen LogP contribution in [0.4, 0.5) is 0 Å². The van der Waals surface area contributed by atoms with Crippen molar-refractivity contribution >= 4 is 6.34 Å². The van der Waals surface area contributed by atoms with Crippen LogP contribution in [0.3, 0.4) is 0 Å². The first-order chi connectivity index (χ1) is 12.8. The van der Waals surface area contributed by atoms with E-state index in [1.54, 1.807) is 6.34 Å². The molecule has 3 N–H and O–H groups in total. The predicted octanol–water partition coefficient (Wildman–Crippen LogP) is 3.27. The van der Waals surface area contributed by atoms with Crippen LogP contribution in [0.1, 0.15) is 17.2 Å². The van der Waals surface area contributed by atoms with Crippen molar-refractivity contribution < 1.29 is 4.74 Å². The smallest absolute Gasteiger partial charge is 0.340 e. The van der Waals surface area contributed by atoms with Crippen molar-refractivity contribution in [3.05, 3.63) is 102 Å². The molecule has 5 heteroatoms.